The zero-order chi connectivity index (χ0) is 31.8. The van der Waals surface area contributed by atoms with E-state index in [-0.39, 0.29) is 31.6 Å². The Labute approximate surface area is 253 Å². The summed E-state index contributed by atoms with van der Waals surface area (Å²) in [6, 6.07) is -2.23. The largest absolute Gasteiger partial charge is 0.481 e. The van der Waals surface area contributed by atoms with Gasteiger partial charge in [0.15, 0.2) is 5.78 Å². The van der Waals surface area contributed by atoms with Gasteiger partial charge in [-0.2, -0.15) is 12.6 Å². The number of aliphatic carboxylic acids is 2. The van der Waals surface area contributed by atoms with Crippen molar-refractivity contribution < 1.29 is 39.3 Å². The van der Waals surface area contributed by atoms with Crippen LogP contribution in [0, 0.1) is 5.92 Å². The zero-order valence-corrected chi connectivity index (χ0v) is 25.2. The maximum absolute atomic E-state index is 13.0. The molecule has 0 bridgehead atoms. The number of nitrogens with two attached hydrogens (primary N) is 1. The third-order valence-electron chi connectivity index (χ3n) is 6.15. The number of hydrogen-bond donors (Lipinski definition) is 7. The van der Waals surface area contributed by atoms with E-state index in [1.54, 1.807) is 24.3 Å². The first kappa shape index (κ1) is 38.8. The van der Waals surface area contributed by atoms with Crippen molar-refractivity contribution in [3.8, 4) is 0 Å². The molecule has 0 radical (unpaired) electrons. The minimum atomic E-state index is -1.23. The predicted molar refractivity (Wildman–Crippen MR) is 165 cm³/mol. The number of allylic oxidation sites excluding steroid dienone is 7. The van der Waals surface area contributed by atoms with Crippen molar-refractivity contribution >= 4 is 42.2 Å². The van der Waals surface area contributed by atoms with Crippen LogP contribution in [-0.2, 0) is 24.0 Å². The Hall–Kier alpha value is -3.22. The number of ketones is 1. The van der Waals surface area contributed by atoms with Gasteiger partial charge >= 0.3 is 11.9 Å². The van der Waals surface area contributed by atoms with Crippen LogP contribution >= 0.6 is 12.6 Å². The molecule has 0 saturated heterocycles. The van der Waals surface area contributed by atoms with Crippen molar-refractivity contribution in [2.24, 2.45) is 11.7 Å². The van der Waals surface area contributed by atoms with Gasteiger partial charge in [-0.3, -0.25) is 24.0 Å². The average molecular weight is 610 g/mol. The van der Waals surface area contributed by atoms with E-state index in [4.69, 9.17) is 15.9 Å². The van der Waals surface area contributed by atoms with Gasteiger partial charge in [-0.05, 0) is 32.1 Å². The Morgan fingerprint density at radius 3 is 2.26 bits per heavy atom. The number of aliphatic hydroxyl groups excluding tert-OH is 1. The normalized spacial score (nSPS) is 14.8. The summed E-state index contributed by atoms with van der Waals surface area (Å²) in [5.41, 5.74) is 5.40. The van der Waals surface area contributed by atoms with E-state index in [0.717, 1.165) is 19.3 Å². The van der Waals surface area contributed by atoms with Crippen molar-refractivity contribution in [1.29, 1.82) is 0 Å². The molecule has 0 aromatic rings. The molecule has 2 unspecified atom stereocenters. The molecule has 0 aromatic heterocycles. The second-order valence-electron chi connectivity index (χ2n) is 9.75. The molecule has 42 heavy (non-hydrogen) atoms. The van der Waals surface area contributed by atoms with Gasteiger partial charge in [0.1, 0.15) is 12.1 Å². The number of aliphatic hydroxyl groups is 1. The number of carboxylic acids is 2. The van der Waals surface area contributed by atoms with E-state index < -0.39 is 53.6 Å². The molecule has 236 valence electrons. The molecular weight excluding hydrogens is 562 g/mol. The molecule has 11 nitrogen and oxygen atoms in total. The monoisotopic (exact) mass is 609 g/mol. The van der Waals surface area contributed by atoms with Crippen LogP contribution in [0.25, 0.3) is 0 Å². The van der Waals surface area contributed by atoms with Crippen molar-refractivity contribution in [1.82, 2.24) is 10.6 Å². The van der Waals surface area contributed by atoms with Crippen LogP contribution in [0.2, 0.25) is 0 Å². The quantitative estimate of drug-likeness (QED) is 0.0372. The summed E-state index contributed by atoms with van der Waals surface area (Å²) >= 11 is 4.08. The minimum Gasteiger partial charge on any atom is -0.481 e. The predicted octanol–water partition coefficient (Wildman–Crippen LogP) is 2.71. The summed E-state index contributed by atoms with van der Waals surface area (Å²) in [5, 5.41) is 33.1. The Morgan fingerprint density at radius 1 is 0.905 bits per heavy atom. The number of carbonyl (C=O) groups is 5. The number of carbonyl (C=O) groups excluding carboxylic acids is 3. The lowest BCUT2D eigenvalue weighted by molar-refractivity contribution is -0.139. The highest BCUT2D eigenvalue weighted by atomic mass is 32.1. The van der Waals surface area contributed by atoms with Crippen LogP contribution in [0.4, 0.5) is 0 Å². The first-order valence-corrected chi connectivity index (χ1v) is 14.9. The first-order valence-electron chi connectivity index (χ1n) is 14.3. The third-order valence-corrected chi connectivity index (χ3v) is 6.51. The molecule has 0 aliphatic rings. The lowest BCUT2D eigenvalue weighted by atomic mass is 9.92. The molecule has 7 N–H and O–H groups in total. The van der Waals surface area contributed by atoms with Crippen molar-refractivity contribution in [2.45, 2.75) is 89.3 Å². The molecule has 0 spiro atoms. The summed E-state index contributed by atoms with van der Waals surface area (Å²) in [6.45, 7) is 1.68. The van der Waals surface area contributed by atoms with Crippen LogP contribution in [0.15, 0.2) is 48.6 Å². The average Bonchev–Trinajstić information content (AvgIpc) is 2.95. The van der Waals surface area contributed by atoms with Gasteiger partial charge in [0.2, 0.25) is 11.8 Å². The van der Waals surface area contributed by atoms with Crippen LogP contribution in [0.1, 0.15) is 71.1 Å². The summed E-state index contributed by atoms with van der Waals surface area (Å²) in [4.78, 5) is 58.9. The van der Waals surface area contributed by atoms with Gasteiger partial charge < -0.3 is 31.7 Å². The topological polar surface area (TPSA) is 196 Å². The fraction of sp³-hybridized carbons (Fsp3) is 0.567. The number of hydrogen-bond acceptors (Lipinski definition) is 8. The van der Waals surface area contributed by atoms with Gasteiger partial charge in [-0.25, -0.2) is 0 Å². The fourth-order valence-corrected chi connectivity index (χ4v) is 3.91. The molecular formula is C30H47N3O8S. The molecule has 0 saturated carbocycles. The van der Waals surface area contributed by atoms with E-state index >= 15 is 0 Å². The maximum atomic E-state index is 13.0. The summed E-state index contributed by atoms with van der Waals surface area (Å²) in [6.07, 6.45) is 18.4. The van der Waals surface area contributed by atoms with Crippen LogP contribution < -0.4 is 16.4 Å². The van der Waals surface area contributed by atoms with Gasteiger partial charge in [0, 0.05) is 18.6 Å². The molecule has 0 aliphatic carbocycles. The second-order valence-corrected chi connectivity index (χ2v) is 10.1. The van der Waals surface area contributed by atoms with E-state index in [1.165, 1.54) is 0 Å². The molecule has 0 fully saturated rings. The number of rotatable bonds is 24. The first-order chi connectivity index (χ1) is 20.0. The molecule has 12 heteroatoms. The number of carboxylic acid groups (broad SMARTS) is 2. The Balaban J connectivity index is 4.98. The molecule has 4 atom stereocenters. The molecule has 2 amide bonds. The number of nitrogens with one attached hydrogen (secondary N) is 2. The maximum Gasteiger partial charge on any atom is 0.320 e. The van der Waals surface area contributed by atoms with E-state index in [1.807, 2.05) is 31.2 Å². The minimum absolute atomic E-state index is 0.0431. The SMILES string of the molecule is CCCCCC(O)C(/C=C/C=C/C=C\C/C=C\CCCC(=O)O)C(=O)CNC(=O)[C@H](CS)NC(=O)CC[C@H](N)C(=O)O. The van der Waals surface area contributed by atoms with Gasteiger partial charge in [0.25, 0.3) is 0 Å². The number of thiol groups is 1. The zero-order valence-electron chi connectivity index (χ0n) is 24.3. The molecule has 0 aromatic carbocycles. The van der Waals surface area contributed by atoms with Crippen molar-refractivity contribution in [3.63, 3.8) is 0 Å². The fourth-order valence-electron chi connectivity index (χ4n) is 3.65. The Morgan fingerprint density at radius 2 is 1.62 bits per heavy atom. The standard InChI is InChI=1S/C30H47N3O8S/c1-2-3-12-16-25(34)22(15-13-10-8-6-4-5-7-9-11-14-17-28(37)38)26(35)20-32-29(39)24(21-42)33-27(36)19-18-23(31)30(40)41/h4,6-10,13,15,22-25,34,42H,2-3,5,11-12,14,16-21,31H2,1H3,(H,32,39)(H,33,36)(H,37,38)(H,40,41)/b6-4-,9-7-,10-8+,15-13+/t22?,23-,24-,25?/m0/s1. The third kappa shape index (κ3) is 19.8. The van der Waals surface area contributed by atoms with Crippen molar-refractivity contribution in [2.75, 3.05) is 12.3 Å². The Kier molecular flexibility index (Phi) is 22.5. The van der Waals surface area contributed by atoms with E-state index in [2.05, 4.69) is 23.3 Å². The number of Topliss-reactive ketones (excluding diaryl/α,β-unsaturated/α-hetero) is 1. The van der Waals surface area contributed by atoms with Gasteiger partial charge in [-0.1, -0.05) is 74.8 Å². The highest BCUT2D eigenvalue weighted by Crippen LogP contribution is 2.15. The van der Waals surface area contributed by atoms with E-state index in [9.17, 15) is 29.1 Å². The van der Waals surface area contributed by atoms with Gasteiger partial charge in [-0.15, -0.1) is 0 Å². The van der Waals surface area contributed by atoms with Crippen molar-refractivity contribution in [3.05, 3.63) is 48.6 Å². The van der Waals surface area contributed by atoms with Crippen LogP contribution in [0.5, 0.6) is 0 Å². The van der Waals surface area contributed by atoms with E-state index in [0.29, 0.717) is 25.7 Å². The molecule has 0 aliphatic heterocycles. The lowest BCUT2D eigenvalue weighted by Crippen LogP contribution is -2.50. The second kappa shape index (κ2) is 24.4. The lowest BCUT2D eigenvalue weighted by Gasteiger charge is -2.20. The highest BCUT2D eigenvalue weighted by molar-refractivity contribution is 7.80. The number of unbranched alkanes of at least 4 members (excludes halogenated alkanes) is 3. The van der Waals surface area contributed by atoms with Crippen LogP contribution in [-0.4, -0.2) is 75.3 Å². The Bertz CT molecular complexity index is 964. The number of amides is 2. The van der Waals surface area contributed by atoms with Crippen LogP contribution in [0.3, 0.4) is 0 Å². The summed E-state index contributed by atoms with van der Waals surface area (Å²) < 4.78 is 0. The summed E-state index contributed by atoms with van der Waals surface area (Å²) in [5.74, 6) is -4.49. The molecule has 0 heterocycles. The highest BCUT2D eigenvalue weighted by Gasteiger charge is 2.26. The smallest absolute Gasteiger partial charge is 0.320 e. The molecule has 0 rings (SSSR count). The summed E-state index contributed by atoms with van der Waals surface area (Å²) in [7, 11) is 0. The van der Waals surface area contributed by atoms with Gasteiger partial charge in [0.05, 0.1) is 18.6 Å².